The third-order valence-electron chi connectivity index (χ3n) is 3.98. The van der Waals surface area contributed by atoms with Crippen LogP contribution in [-0.2, 0) is 24.3 Å². The fourth-order valence-corrected chi connectivity index (χ4v) is 3.50. The highest BCUT2D eigenvalue weighted by Gasteiger charge is 2.26. The van der Waals surface area contributed by atoms with Gasteiger partial charge >= 0.3 is 0 Å². The molecule has 0 saturated carbocycles. The van der Waals surface area contributed by atoms with Gasteiger partial charge < -0.3 is 10.2 Å². The Morgan fingerprint density at radius 3 is 2.90 bits per heavy atom. The van der Waals surface area contributed by atoms with Gasteiger partial charge in [-0.15, -0.1) is 11.3 Å². The molecule has 110 valence electrons. The number of benzene rings is 1. The third kappa shape index (κ3) is 2.99. The number of rotatable bonds is 3. The van der Waals surface area contributed by atoms with Gasteiger partial charge in [-0.1, -0.05) is 24.3 Å². The first-order valence-electron chi connectivity index (χ1n) is 7.09. The van der Waals surface area contributed by atoms with E-state index in [1.54, 1.807) is 16.2 Å². The summed E-state index contributed by atoms with van der Waals surface area (Å²) >= 11 is 1.61. The Kier molecular flexibility index (Phi) is 4.03. The molecule has 4 nitrogen and oxygen atoms in total. The summed E-state index contributed by atoms with van der Waals surface area (Å²) in [5.41, 5.74) is 5.42. The average Bonchev–Trinajstić information content (AvgIpc) is 2.91. The summed E-state index contributed by atoms with van der Waals surface area (Å²) in [6, 6.07) is 8.19. The van der Waals surface area contributed by atoms with Gasteiger partial charge in [-0.25, -0.2) is 4.98 Å². The highest BCUT2D eigenvalue weighted by atomic mass is 32.1. The van der Waals surface area contributed by atoms with Gasteiger partial charge in [-0.05, 0) is 24.5 Å². The van der Waals surface area contributed by atoms with E-state index in [4.69, 9.17) is 0 Å². The summed E-state index contributed by atoms with van der Waals surface area (Å²) in [7, 11) is 1.86. The first-order valence-corrected chi connectivity index (χ1v) is 7.97. The van der Waals surface area contributed by atoms with E-state index in [0.29, 0.717) is 6.54 Å². The maximum absolute atomic E-state index is 12.6. The molecular formula is C16H19N3OS. The lowest BCUT2D eigenvalue weighted by Crippen LogP contribution is -2.48. The van der Waals surface area contributed by atoms with Crippen molar-refractivity contribution in [3.05, 3.63) is 51.5 Å². The Balaban J connectivity index is 1.67. The van der Waals surface area contributed by atoms with Crippen LogP contribution in [0.2, 0.25) is 0 Å². The summed E-state index contributed by atoms with van der Waals surface area (Å²) in [6.07, 6.45) is 0.765. The van der Waals surface area contributed by atoms with E-state index in [2.05, 4.69) is 22.4 Å². The number of nitrogens with zero attached hydrogens (tertiary/aromatic N) is 2. The zero-order chi connectivity index (χ0) is 14.8. The molecule has 1 N–H and O–H groups in total. The third-order valence-corrected chi connectivity index (χ3v) is 4.90. The molecule has 2 heterocycles. The second-order valence-electron chi connectivity index (χ2n) is 5.46. The highest BCUT2D eigenvalue weighted by Crippen LogP contribution is 2.19. The molecule has 1 aromatic carbocycles. The Labute approximate surface area is 128 Å². The van der Waals surface area contributed by atoms with Crippen LogP contribution in [0.25, 0.3) is 0 Å². The summed E-state index contributed by atoms with van der Waals surface area (Å²) in [6.45, 7) is 3.38. The van der Waals surface area contributed by atoms with Crippen molar-refractivity contribution in [3.63, 3.8) is 0 Å². The molecule has 0 radical (unpaired) electrons. The minimum Gasteiger partial charge on any atom is -0.339 e. The topological polar surface area (TPSA) is 45.2 Å². The molecule has 0 spiro atoms. The van der Waals surface area contributed by atoms with Crippen LogP contribution in [0.5, 0.6) is 0 Å². The lowest BCUT2D eigenvalue weighted by Gasteiger charge is -2.29. The summed E-state index contributed by atoms with van der Waals surface area (Å²) < 4.78 is 0. The van der Waals surface area contributed by atoms with Crippen LogP contribution < -0.4 is 5.32 Å². The van der Waals surface area contributed by atoms with Crippen LogP contribution in [0, 0.1) is 6.92 Å². The number of carbonyl (C=O) groups excluding carboxylic acids is 1. The SMILES string of the molecule is Cc1ncsc1CN(C)C(=O)[C@@H]1Cc2ccccc2CN1. The van der Waals surface area contributed by atoms with Crippen LogP contribution in [0.4, 0.5) is 0 Å². The zero-order valence-corrected chi connectivity index (χ0v) is 13.1. The molecule has 0 bridgehead atoms. The fourth-order valence-electron chi connectivity index (χ4n) is 2.67. The Morgan fingerprint density at radius 2 is 2.19 bits per heavy atom. The second-order valence-corrected chi connectivity index (χ2v) is 6.40. The van der Waals surface area contributed by atoms with Crippen LogP contribution in [0.15, 0.2) is 29.8 Å². The molecule has 1 aliphatic heterocycles. The van der Waals surface area contributed by atoms with Gasteiger partial charge in [0.1, 0.15) is 0 Å². The van der Waals surface area contributed by atoms with E-state index < -0.39 is 0 Å². The molecule has 0 aliphatic carbocycles. The number of thiazole rings is 1. The van der Waals surface area contributed by atoms with E-state index in [-0.39, 0.29) is 11.9 Å². The molecule has 2 aromatic rings. The van der Waals surface area contributed by atoms with Gasteiger partial charge in [0.2, 0.25) is 5.91 Å². The number of amides is 1. The normalized spacial score (nSPS) is 17.3. The number of nitrogens with one attached hydrogen (secondary N) is 1. The molecule has 0 unspecified atom stereocenters. The fraction of sp³-hybridized carbons (Fsp3) is 0.375. The van der Waals surface area contributed by atoms with Gasteiger partial charge in [-0.2, -0.15) is 0 Å². The van der Waals surface area contributed by atoms with E-state index in [0.717, 1.165) is 23.5 Å². The smallest absolute Gasteiger partial charge is 0.240 e. The van der Waals surface area contributed by atoms with Crippen molar-refractivity contribution in [1.82, 2.24) is 15.2 Å². The maximum atomic E-state index is 12.6. The molecule has 0 fully saturated rings. The van der Waals surface area contributed by atoms with Crippen molar-refractivity contribution in [2.75, 3.05) is 7.05 Å². The van der Waals surface area contributed by atoms with Crippen molar-refractivity contribution >= 4 is 17.2 Å². The van der Waals surface area contributed by atoms with Gasteiger partial charge in [-0.3, -0.25) is 4.79 Å². The van der Waals surface area contributed by atoms with Crippen LogP contribution in [0.3, 0.4) is 0 Å². The first-order chi connectivity index (χ1) is 10.1. The molecule has 3 rings (SSSR count). The van der Waals surface area contributed by atoms with Crippen molar-refractivity contribution in [1.29, 1.82) is 0 Å². The van der Waals surface area contributed by atoms with Gasteiger partial charge in [0.15, 0.2) is 0 Å². The molecule has 1 aliphatic rings. The van der Waals surface area contributed by atoms with Crippen LogP contribution >= 0.6 is 11.3 Å². The molecule has 1 atom stereocenters. The monoisotopic (exact) mass is 301 g/mol. The lowest BCUT2D eigenvalue weighted by molar-refractivity contribution is -0.132. The minimum absolute atomic E-state index is 0.127. The number of aryl methyl sites for hydroxylation is 1. The summed E-state index contributed by atoms with van der Waals surface area (Å²) in [5, 5.41) is 3.35. The van der Waals surface area contributed by atoms with Gasteiger partial charge in [0.25, 0.3) is 0 Å². The Morgan fingerprint density at radius 1 is 1.43 bits per heavy atom. The largest absolute Gasteiger partial charge is 0.339 e. The zero-order valence-electron chi connectivity index (χ0n) is 12.3. The number of aromatic nitrogens is 1. The summed E-state index contributed by atoms with van der Waals surface area (Å²) in [5.74, 6) is 0.150. The van der Waals surface area contributed by atoms with Gasteiger partial charge in [0, 0.05) is 18.5 Å². The van der Waals surface area contributed by atoms with Crippen LogP contribution in [-0.4, -0.2) is 28.9 Å². The van der Waals surface area contributed by atoms with E-state index in [1.807, 2.05) is 31.6 Å². The minimum atomic E-state index is -0.127. The maximum Gasteiger partial charge on any atom is 0.240 e. The standard InChI is InChI=1S/C16H19N3OS/c1-11-15(21-10-18-11)9-19(2)16(20)14-7-12-5-3-4-6-13(12)8-17-14/h3-6,10,14,17H,7-9H2,1-2H3/t14-/m0/s1. The van der Waals surface area contributed by atoms with E-state index >= 15 is 0 Å². The second kappa shape index (κ2) is 5.95. The number of likely N-dealkylation sites (N-methyl/N-ethyl adjacent to an activating group) is 1. The van der Waals surface area contributed by atoms with Crippen molar-refractivity contribution in [2.24, 2.45) is 0 Å². The lowest BCUT2D eigenvalue weighted by atomic mass is 9.95. The molecule has 1 aromatic heterocycles. The van der Waals surface area contributed by atoms with E-state index in [9.17, 15) is 4.79 Å². The molecular weight excluding hydrogens is 282 g/mol. The van der Waals surface area contributed by atoms with E-state index in [1.165, 1.54) is 11.1 Å². The molecule has 1 amide bonds. The molecule has 5 heteroatoms. The average molecular weight is 301 g/mol. The van der Waals surface area contributed by atoms with Crippen molar-refractivity contribution in [3.8, 4) is 0 Å². The summed E-state index contributed by atoms with van der Waals surface area (Å²) in [4.78, 5) is 19.8. The Hall–Kier alpha value is -1.72. The number of hydrogen-bond donors (Lipinski definition) is 1. The number of carbonyl (C=O) groups is 1. The van der Waals surface area contributed by atoms with Gasteiger partial charge in [0.05, 0.1) is 23.8 Å². The quantitative estimate of drug-likeness (QED) is 0.944. The van der Waals surface area contributed by atoms with Crippen molar-refractivity contribution < 1.29 is 4.79 Å². The molecule has 0 saturated heterocycles. The first kappa shape index (κ1) is 14.2. The highest BCUT2D eigenvalue weighted by molar-refractivity contribution is 7.09. The van der Waals surface area contributed by atoms with Crippen molar-refractivity contribution in [2.45, 2.75) is 32.5 Å². The Bertz CT molecular complexity index is 652. The molecule has 21 heavy (non-hydrogen) atoms. The van der Waals surface area contributed by atoms with Crippen LogP contribution in [0.1, 0.15) is 21.7 Å². The predicted molar refractivity (Wildman–Crippen MR) is 84.1 cm³/mol. The number of fused-ring (bicyclic) bond motifs is 1. The number of hydrogen-bond acceptors (Lipinski definition) is 4. The predicted octanol–water partition coefficient (Wildman–Crippen LogP) is 2.12.